The first-order valence-corrected chi connectivity index (χ1v) is 4.76. The molecule has 2 rings (SSSR count). The predicted molar refractivity (Wildman–Crippen MR) is 51.2 cm³/mol. The molecule has 0 saturated heterocycles. The maximum absolute atomic E-state index is 11.1. The summed E-state index contributed by atoms with van der Waals surface area (Å²) in [5.41, 5.74) is 0.519. The molecule has 4 nitrogen and oxygen atoms in total. The monoisotopic (exact) mass is 209 g/mol. The average Bonchev–Trinajstić information content (AvgIpc) is 2.86. The van der Waals surface area contributed by atoms with Gasteiger partial charge in [0.2, 0.25) is 5.89 Å². The van der Waals surface area contributed by atoms with Crippen molar-refractivity contribution in [2.45, 2.75) is 0 Å². The van der Waals surface area contributed by atoms with E-state index in [0.29, 0.717) is 11.5 Å². The number of hydrogen-bond donors (Lipinski definition) is 0. The van der Waals surface area contributed by atoms with E-state index in [0.717, 1.165) is 4.88 Å². The highest BCUT2D eigenvalue weighted by molar-refractivity contribution is 7.13. The molecule has 0 unspecified atom stereocenters. The second kappa shape index (κ2) is 3.63. The van der Waals surface area contributed by atoms with E-state index in [1.165, 1.54) is 24.7 Å². The van der Waals surface area contributed by atoms with Crippen molar-refractivity contribution < 1.29 is 13.9 Å². The van der Waals surface area contributed by atoms with Crippen LogP contribution in [0.25, 0.3) is 10.8 Å². The lowest BCUT2D eigenvalue weighted by Gasteiger charge is -1.91. The summed E-state index contributed by atoms with van der Waals surface area (Å²) in [6, 6.07) is 1.70. The molecule has 0 aliphatic carbocycles. The third-order valence-corrected chi connectivity index (χ3v) is 2.58. The zero-order valence-electron chi connectivity index (χ0n) is 7.39. The third kappa shape index (κ3) is 1.54. The molecule has 5 heteroatoms. The fourth-order valence-electron chi connectivity index (χ4n) is 1.02. The number of carbonyl (C=O) groups excluding carboxylic acids is 1. The number of oxazole rings is 1. The summed E-state index contributed by atoms with van der Waals surface area (Å²) in [6.45, 7) is 0. The molecule has 14 heavy (non-hydrogen) atoms. The van der Waals surface area contributed by atoms with E-state index in [2.05, 4.69) is 9.72 Å². The Hall–Kier alpha value is -1.62. The van der Waals surface area contributed by atoms with E-state index in [-0.39, 0.29) is 5.97 Å². The van der Waals surface area contributed by atoms with Crippen LogP contribution in [0.1, 0.15) is 10.4 Å². The van der Waals surface area contributed by atoms with Gasteiger partial charge < -0.3 is 9.15 Å². The Morgan fingerprint density at radius 3 is 3.14 bits per heavy atom. The molecule has 0 aliphatic heterocycles. The summed E-state index contributed by atoms with van der Waals surface area (Å²) < 4.78 is 9.68. The Morgan fingerprint density at radius 1 is 1.64 bits per heavy atom. The standard InChI is InChI=1S/C9H7NO3S/c1-12-9(11)6-4-7(14-5-6)8-10-2-3-13-8/h2-5H,1H3. The van der Waals surface area contributed by atoms with Crippen LogP contribution in [0.15, 0.2) is 28.3 Å². The van der Waals surface area contributed by atoms with Gasteiger partial charge in [-0.2, -0.15) is 0 Å². The molecule has 0 spiro atoms. The summed E-state index contributed by atoms with van der Waals surface area (Å²) in [6.07, 6.45) is 3.06. The molecule has 0 atom stereocenters. The van der Waals surface area contributed by atoms with Gasteiger partial charge in [-0.3, -0.25) is 0 Å². The Morgan fingerprint density at radius 2 is 2.50 bits per heavy atom. The number of methoxy groups -OCH3 is 1. The SMILES string of the molecule is COC(=O)c1csc(-c2ncco2)c1. The molecule has 72 valence electrons. The first-order chi connectivity index (χ1) is 6.81. The second-order valence-electron chi connectivity index (χ2n) is 2.53. The van der Waals surface area contributed by atoms with Crippen LogP contribution in [-0.4, -0.2) is 18.1 Å². The Bertz CT molecular complexity index is 433. The molecule has 0 N–H and O–H groups in total. The highest BCUT2D eigenvalue weighted by Crippen LogP contribution is 2.25. The zero-order valence-corrected chi connectivity index (χ0v) is 8.21. The van der Waals surface area contributed by atoms with E-state index < -0.39 is 0 Å². The van der Waals surface area contributed by atoms with Crippen molar-refractivity contribution in [2.24, 2.45) is 0 Å². The van der Waals surface area contributed by atoms with E-state index in [9.17, 15) is 4.79 Å². The predicted octanol–water partition coefficient (Wildman–Crippen LogP) is 2.19. The Labute approximate surface area is 84.1 Å². The molecular formula is C9H7NO3S. The molecule has 0 radical (unpaired) electrons. The molecule has 0 amide bonds. The van der Waals surface area contributed by atoms with Gasteiger partial charge in [0.15, 0.2) is 0 Å². The average molecular weight is 209 g/mol. The molecular weight excluding hydrogens is 202 g/mol. The van der Waals surface area contributed by atoms with Gasteiger partial charge in [0.25, 0.3) is 0 Å². The first kappa shape index (κ1) is 8.96. The second-order valence-corrected chi connectivity index (χ2v) is 3.44. The Balaban J connectivity index is 2.31. The summed E-state index contributed by atoms with van der Waals surface area (Å²) in [4.78, 5) is 15.9. The van der Waals surface area contributed by atoms with Crippen molar-refractivity contribution in [2.75, 3.05) is 7.11 Å². The molecule has 0 saturated carbocycles. The van der Waals surface area contributed by atoms with Crippen LogP contribution in [0.3, 0.4) is 0 Å². The summed E-state index contributed by atoms with van der Waals surface area (Å²) in [5.74, 6) is 0.171. The summed E-state index contributed by atoms with van der Waals surface area (Å²) in [5, 5.41) is 1.71. The lowest BCUT2D eigenvalue weighted by atomic mass is 10.3. The van der Waals surface area contributed by atoms with E-state index >= 15 is 0 Å². The number of carbonyl (C=O) groups is 1. The van der Waals surface area contributed by atoms with Crippen LogP contribution in [-0.2, 0) is 4.74 Å². The van der Waals surface area contributed by atoms with Gasteiger partial charge in [-0.05, 0) is 6.07 Å². The fraction of sp³-hybridized carbons (Fsp3) is 0.111. The molecule has 0 fully saturated rings. The maximum Gasteiger partial charge on any atom is 0.338 e. The van der Waals surface area contributed by atoms with E-state index in [1.54, 1.807) is 17.6 Å². The maximum atomic E-state index is 11.1. The topological polar surface area (TPSA) is 52.3 Å². The molecule has 2 heterocycles. The number of ether oxygens (including phenoxy) is 1. The van der Waals surface area contributed by atoms with Crippen LogP contribution < -0.4 is 0 Å². The summed E-state index contributed by atoms with van der Waals surface area (Å²) >= 11 is 1.39. The number of hydrogen-bond acceptors (Lipinski definition) is 5. The minimum absolute atomic E-state index is 0.348. The van der Waals surface area contributed by atoms with Gasteiger partial charge in [-0.1, -0.05) is 0 Å². The van der Waals surface area contributed by atoms with Gasteiger partial charge in [0.05, 0.1) is 23.7 Å². The Kier molecular flexibility index (Phi) is 2.32. The molecule has 0 aliphatic rings. The molecule has 0 bridgehead atoms. The highest BCUT2D eigenvalue weighted by atomic mass is 32.1. The number of aromatic nitrogens is 1. The van der Waals surface area contributed by atoms with Gasteiger partial charge in [-0.15, -0.1) is 11.3 Å². The first-order valence-electron chi connectivity index (χ1n) is 3.88. The van der Waals surface area contributed by atoms with Crippen LogP contribution in [0.4, 0.5) is 0 Å². The van der Waals surface area contributed by atoms with Gasteiger partial charge in [-0.25, -0.2) is 9.78 Å². The fourth-order valence-corrected chi connectivity index (χ4v) is 1.83. The van der Waals surface area contributed by atoms with Crippen molar-refractivity contribution in [3.63, 3.8) is 0 Å². The van der Waals surface area contributed by atoms with Crippen molar-refractivity contribution in [1.82, 2.24) is 4.98 Å². The normalized spacial score (nSPS) is 10.1. The van der Waals surface area contributed by atoms with Crippen LogP contribution in [0.2, 0.25) is 0 Å². The number of esters is 1. The summed E-state index contributed by atoms with van der Waals surface area (Å²) in [7, 11) is 1.35. The van der Waals surface area contributed by atoms with Crippen LogP contribution in [0.5, 0.6) is 0 Å². The zero-order chi connectivity index (χ0) is 9.97. The highest BCUT2D eigenvalue weighted by Gasteiger charge is 2.11. The lowest BCUT2D eigenvalue weighted by Crippen LogP contribution is -1.97. The van der Waals surface area contributed by atoms with E-state index in [1.807, 2.05) is 0 Å². The van der Waals surface area contributed by atoms with Crippen LogP contribution in [0, 0.1) is 0 Å². The van der Waals surface area contributed by atoms with Crippen molar-refractivity contribution >= 4 is 17.3 Å². The van der Waals surface area contributed by atoms with Crippen molar-refractivity contribution in [1.29, 1.82) is 0 Å². The molecule has 2 aromatic heterocycles. The lowest BCUT2D eigenvalue weighted by molar-refractivity contribution is 0.0601. The smallest absolute Gasteiger partial charge is 0.338 e. The van der Waals surface area contributed by atoms with Crippen molar-refractivity contribution in [3.8, 4) is 10.8 Å². The van der Waals surface area contributed by atoms with E-state index in [4.69, 9.17) is 4.42 Å². The minimum atomic E-state index is -0.348. The largest absolute Gasteiger partial charge is 0.465 e. The number of rotatable bonds is 2. The third-order valence-electron chi connectivity index (χ3n) is 1.66. The molecule has 0 aromatic carbocycles. The minimum Gasteiger partial charge on any atom is -0.465 e. The number of nitrogens with zero attached hydrogens (tertiary/aromatic N) is 1. The van der Waals surface area contributed by atoms with Crippen molar-refractivity contribution in [3.05, 3.63) is 29.5 Å². The van der Waals surface area contributed by atoms with Gasteiger partial charge in [0.1, 0.15) is 6.26 Å². The van der Waals surface area contributed by atoms with Gasteiger partial charge >= 0.3 is 5.97 Å². The quantitative estimate of drug-likeness (QED) is 0.711. The van der Waals surface area contributed by atoms with Gasteiger partial charge in [0, 0.05) is 5.38 Å². The number of thiophene rings is 1. The molecule has 2 aromatic rings. The van der Waals surface area contributed by atoms with Crippen LogP contribution >= 0.6 is 11.3 Å².